The fraction of sp³-hybridized carbons (Fsp3) is 0.429. The van der Waals surface area contributed by atoms with E-state index in [0.717, 1.165) is 29.8 Å². The van der Waals surface area contributed by atoms with Crippen LogP contribution < -0.4 is 4.74 Å². The number of hydrogen-bond donors (Lipinski definition) is 1. The fourth-order valence-corrected chi connectivity index (χ4v) is 4.91. The number of nitrogens with zero attached hydrogens (tertiary/aromatic N) is 2. The van der Waals surface area contributed by atoms with Crippen LogP contribution in [0.15, 0.2) is 17.1 Å². The molecule has 0 amide bonds. The molecule has 3 rings (SSSR count). The number of hydrogen-bond acceptors (Lipinski definition) is 5. The van der Waals surface area contributed by atoms with Crippen molar-refractivity contribution in [3.8, 4) is 17.6 Å². The maximum absolute atomic E-state index is 9.85. The molecule has 0 saturated heterocycles. The van der Waals surface area contributed by atoms with E-state index in [1.54, 1.807) is 29.7 Å². The van der Waals surface area contributed by atoms with Gasteiger partial charge in [-0.3, -0.25) is 0 Å². The Hall–Kier alpha value is -2.03. The summed E-state index contributed by atoms with van der Waals surface area (Å²) in [6.45, 7) is 6.84. The van der Waals surface area contributed by atoms with Gasteiger partial charge in [0.15, 0.2) is 11.5 Å². The quantitative estimate of drug-likeness (QED) is 0.651. The van der Waals surface area contributed by atoms with Gasteiger partial charge in [0.1, 0.15) is 11.1 Å². The molecule has 0 bridgehead atoms. The lowest BCUT2D eigenvalue weighted by atomic mass is 9.72. The highest BCUT2D eigenvalue weighted by molar-refractivity contribution is 7.16. The molecule has 0 radical (unpaired) electrons. The Balaban J connectivity index is 1.93. The van der Waals surface area contributed by atoms with Gasteiger partial charge in [0, 0.05) is 11.1 Å². The Kier molecular flexibility index (Phi) is 5.50. The summed E-state index contributed by atoms with van der Waals surface area (Å²) < 4.78 is 5.13. The average molecular weight is 403 g/mol. The second kappa shape index (κ2) is 7.53. The molecule has 0 saturated carbocycles. The zero-order valence-corrected chi connectivity index (χ0v) is 17.5. The average Bonchev–Trinajstić information content (AvgIpc) is 2.98. The van der Waals surface area contributed by atoms with Crippen LogP contribution in [0.25, 0.3) is 0 Å². The van der Waals surface area contributed by atoms with E-state index in [-0.39, 0.29) is 16.2 Å². The third kappa shape index (κ3) is 3.97. The summed E-state index contributed by atoms with van der Waals surface area (Å²) in [6.07, 6.45) is 4.71. The number of halogens is 1. The molecule has 27 heavy (non-hydrogen) atoms. The lowest BCUT2D eigenvalue weighted by Gasteiger charge is -2.33. The Morgan fingerprint density at radius 1 is 1.41 bits per heavy atom. The van der Waals surface area contributed by atoms with Crippen molar-refractivity contribution >= 4 is 34.2 Å². The van der Waals surface area contributed by atoms with Gasteiger partial charge in [-0.2, -0.15) is 5.26 Å². The number of phenols is 1. The van der Waals surface area contributed by atoms with Crippen LogP contribution >= 0.6 is 22.9 Å². The summed E-state index contributed by atoms with van der Waals surface area (Å²) in [7, 11) is 1.47. The largest absolute Gasteiger partial charge is 0.503 e. The van der Waals surface area contributed by atoms with Crippen molar-refractivity contribution in [3.63, 3.8) is 0 Å². The molecular weight excluding hydrogens is 380 g/mol. The lowest BCUT2D eigenvalue weighted by Crippen LogP contribution is -2.26. The molecule has 4 nitrogen and oxygen atoms in total. The zero-order chi connectivity index (χ0) is 19.8. The first-order valence-electron chi connectivity index (χ1n) is 8.89. The number of nitriles is 1. The summed E-state index contributed by atoms with van der Waals surface area (Å²) in [5.74, 6) is 0.823. The van der Waals surface area contributed by atoms with Crippen molar-refractivity contribution in [2.24, 2.45) is 16.3 Å². The first-order valence-corrected chi connectivity index (χ1v) is 10.1. The number of aromatic hydroxyl groups is 1. The smallest absolute Gasteiger partial charge is 0.176 e. The summed E-state index contributed by atoms with van der Waals surface area (Å²) >= 11 is 7.65. The minimum atomic E-state index is -0.0890. The molecule has 142 valence electrons. The van der Waals surface area contributed by atoms with E-state index in [4.69, 9.17) is 16.3 Å². The van der Waals surface area contributed by atoms with Gasteiger partial charge in [-0.25, -0.2) is 4.99 Å². The van der Waals surface area contributed by atoms with E-state index in [2.05, 4.69) is 31.8 Å². The van der Waals surface area contributed by atoms with Crippen molar-refractivity contribution in [2.75, 3.05) is 7.11 Å². The van der Waals surface area contributed by atoms with Crippen LogP contribution in [-0.4, -0.2) is 18.4 Å². The Labute approximate surface area is 169 Å². The maximum atomic E-state index is 9.85. The van der Waals surface area contributed by atoms with Crippen molar-refractivity contribution in [2.45, 2.75) is 40.0 Å². The molecule has 1 aliphatic carbocycles. The number of phenolic OH excluding ortho intramolecular Hbond substituents is 1. The zero-order valence-electron chi connectivity index (χ0n) is 16.0. The topological polar surface area (TPSA) is 65.6 Å². The highest BCUT2D eigenvalue weighted by atomic mass is 35.5. The molecule has 0 spiro atoms. The molecule has 1 atom stereocenters. The van der Waals surface area contributed by atoms with Crippen LogP contribution in [0.4, 0.5) is 5.00 Å². The monoisotopic (exact) mass is 402 g/mol. The second-order valence-corrected chi connectivity index (χ2v) is 9.40. The predicted molar refractivity (Wildman–Crippen MR) is 111 cm³/mol. The summed E-state index contributed by atoms with van der Waals surface area (Å²) in [5.41, 5.74) is 2.82. The van der Waals surface area contributed by atoms with Gasteiger partial charge in [-0.1, -0.05) is 32.4 Å². The molecule has 1 N–H and O–H groups in total. The van der Waals surface area contributed by atoms with E-state index in [9.17, 15) is 10.4 Å². The standard InChI is InChI=1S/C21H23ClN2O2S/c1-21(2,3)13-5-6-14-15(10-23)20(27-18(14)9-13)24-11-12-7-16(22)19(25)17(8-12)26-4/h7-8,11,13,25H,5-6,9H2,1-4H3/b24-11+. The van der Waals surface area contributed by atoms with Crippen LogP contribution in [-0.2, 0) is 12.8 Å². The van der Waals surface area contributed by atoms with Crippen molar-refractivity contribution in [1.82, 2.24) is 0 Å². The minimum Gasteiger partial charge on any atom is -0.503 e. The van der Waals surface area contributed by atoms with Crippen LogP contribution in [0.2, 0.25) is 5.02 Å². The van der Waals surface area contributed by atoms with Crippen molar-refractivity contribution in [1.29, 1.82) is 5.26 Å². The van der Waals surface area contributed by atoms with Crippen LogP contribution in [0.5, 0.6) is 11.5 Å². The third-order valence-corrected chi connectivity index (χ3v) is 6.64. The van der Waals surface area contributed by atoms with Crippen molar-refractivity contribution < 1.29 is 9.84 Å². The molecule has 1 aromatic heterocycles. The van der Waals surface area contributed by atoms with E-state index in [1.165, 1.54) is 12.0 Å². The fourth-order valence-electron chi connectivity index (χ4n) is 3.47. The Morgan fingerprint density at radius 3 is 2.78 bits per heavy atom. The number of fused-ring (bicyclic) bond motifs is 1. The van der Waals surface area contributed by atoms with Gasteiger partial charge >= 0.3 is 0 Å². The van der Waals surface area contributed by atoms with Gasteiger partial charge < -0.3 is 9.84 Å². The summed E-state index contributed by atoms with van der Waals surface area (Å²) in [4.78, 5) is 5.84. The summed E-state index contributed by atoms with van der Waals surface area (Å²) in [6, 6.07) is 5.63. The Morgan fingerprint density at radius 2 is 2.15 bits per heavy atom. The predicted octanol–water partition coefficient (Wildman–Crippen LogP) is 5.89. The molecule has 0 fully saturated rings. The maximum Gasteiger partial charge on any atom is 0.176 e. The molecular formula is C21H23ClN2O2S. The van der Waals surface area contributed by atoms with E-state index in [0.29, 0.717) is 22.8 Å². The third-order valence-electron chi connectivity index (χ3n) is 5.18. The lowest BCUT2D eigenvalue weighted by molar-refractivity contribution is 0.218. The van der Waals surface area contributed by atoms with Gasteiger partial charge in [-0.15, -0.1) is 11.3 Å². The highest BCUT2D eigenvalue weighted by Gasteiger charge is 2.32. The number of thiophene rings is 1. The molecule has 1 unspecified atom stereocenters. The number of aliphatic imine (C=N–C) groups is 1. The number of rotatable bonds is 3. The Bertz CT molecular complexity index is 935. The normalized spacial score (nSPS) is 17.0. The first-order chi connectivity index (χ1) is 12.7. The molecule has 1 aliphatic rings. The van der Waals surface area contributed by atoms with E-state index < -0.39 is 0 Å². The second-order valence-electron chi connectivity index (χ2n) is 7.91. The molecule has 1 heterocycles. The van der Waals surface area contributed by atoms with E-state index >= 15 is 0 Å². The molecule has 2 aromatic rings. The molecule has 1 aromatic carbocycles. The minimum absolute atomic E-state index is 0.0890. The number of methoxy groups -OCH3 is 1. The van der Waals surface area contributed by atoms with Crippen LogP contribution in [0.3, 0.4) is 0 Å². The first kappa shape index (κ1) is 19.7. The van der Waals surface area contributed by atoms with Gasteiger partial charge in [0.2, 0.25) is 0 Å². The van der Waals surface area contributed by atoms with Gasteiger partial charge in [0.25, 0.3) is 0 Å². The summed E-state index contributed by atoms with van der Waals surface area (Å²) in [5, 5.41) is 20.4. The number of ether oxygens (including phenoxy) is 1. The van der Waals surface area contributed by atoms with Gasteiger partial charge in [-0.05, 0) is 53.9 Å². The van der Waals surface area contributed by atoms with Crippen LogP contribution in [0, 0.1) is 22.7 Å². The highest BCUT2D eigenvalue weighted by Crippen LogP contribution is 2.45. The SMILES string of the molecule is COc1cc(/C=N/c2sc3c(c2C#N)CCC(C(C)(C)C)C3)cc(Cl)c1O. The number of benzene rings is 1. The van der Waals surface area contributed by atoms with E-state index in [1.807, 2.05) is 0 Å². The van der Waals surface area contributed by atoms with Crippen molar-refractivity contribution in [3.05, 3.63) is 38.7 Å². The van der Waals surface area contributed by atoms with Crippen LogP contribution in [0.1, 0.15) is 48.8 Å². The molecule has 0 aliphatic heterocycles. The van der Waals surface area contributed by atoms with Gasteiger partial charge in [0.05, 0.1) is 17.7 Å². The molecule has 6 heteroatoms.